The van der Waals surface area contributed by atoms with E-state index in [1.54, 1.807) is 23.1 Å². The average molecular weight is 294 g/mol. The van der Waals surface area contributed by atoms with E-state index in [1.807, 2.05) is 5.38 Å². The minimum atomic E-state index is 0.850. The topological polar surface area (TPSA) is 0 Å². The molecule has 0 saturated heterocycles. The Morgan fingerprint density at radius 1 is 1.46 bits per heavy atom. The first-order valence-corrected chi connectivity index (χ1v) is 6.90. The van der Waals surface area contributed by atoms with Gasteiger partial charge in [0, 0.05) is 24.8 Å². The van der Waals surface area contributed by atoms with Crippen LogP contribution in [0.25, 0.3) is 10.1 Å². The fraction of sp³-hybridized carbons (Fsp3) is 0.111. The highest BCUT2D eigenvalue weighted by molar-refractivity contribution is 9.10. The van der Waals surface area contributed by atoms with Gasteiger partial charge in [-0.1, -0.05) is 11.6 Å². The molecular formula is C9H6BrClS2. The Balaban J connectivity index is 2.77. The molecule has 0 nitrogen and oxygen atoms in total. The van der Waals surface area contributed by atoms with Crippen molar-refractivity contribution in [2.24, 2.45) is 0 Å². The van der Waals surface area contributed by atoms with Crippen molar-refractivity contribution < 1.29 is 0 Å². The maximum Gasteiger partial charge on any atom is 0.0592 e. The first-order valence-electron chi connectivity index (χ1n) is 3.62. The second kappa shape index (κ2) is 3.81. The summed E-state index contributed by atoms with van der Waals surface area (Å²) in [5.41, 5.74) is 0. The minimum absolute atomic E-state index is 0.850. The lowest BCUT2D eigenvalue weighted by Gasteiger charge is -2.00. The van der Waals surface area contributed by atoms with E-state index in [1.165, 1.54) is 9.60 Å². The molecule has 2 rings (SSSR count). The quantitative estimate of drug-likeness (QED) is 0.664. The third kappa shape index (κ3) is 1.75. The number of rotatable bonds is 1. The van der Waals surface area contributed by atoms with E-state index in [-0.39, 0.29) is 0 Å². The molecule has 0 spiro atoms. The Morgan fingerprint density at radius 3 is 2.92 bits per heavy atom. The SMILES string of the molecule is CSc1cc2c(Cl)csc2cc1Br. The van der Waals surface area contributed by atoms with Crippen molar-refractivity contribution in [3.63, 3.8) is 0 Å². The molecule has 0 aliphatic rings. The molecule has 1 aromatic carbocycles. The Morgan fingerprint density at radius 2 is 2.23 bits per heavy atom. The van der Waals surface area contributed by atoms with Gasteiger partial charge in [0.05, 0.1) is 5.02 Å². The molecule has 0 aliphatic heterocycles. The van der Waals surface area contributed by atoms with Crippen molar-refractivity contribution in [3.8, 4) is 0 Å². The van der Waals surface area contributed by atoms with Gasteiger partial charge in [-0.3, -0.25) is 0 Å². The van der Waals surface area contributed by atoms with Crippen LogP contribution in [0.1, 0.15) is 0 Å². The van der Waals surface area contributed by atoms with Crippen molar-refractivity contribution in [2.45, 2.75) is 4.90 Å². The summed E-state index contributed by atoms with van der Waals surface area (Å²) in [5.74, 6) is 0. The highest BCUT2D eigenvalue weighted by Gasteiger charge is 2.06. The first-order chi connectivity index (χ1) is 6.22. The van der Waals surface area contributed by atoms with Crippen molar-refractivity contribution in [1.82, 2.24) is 0 Å². The molecule has 0 bridgehead atoms. The van der Waals surface area contributed by atoms with Gasteiger partial charge in [0.25, 0.3) is 0 Å². The minimum Gasteiger partial charge on any atom is -0.142 e. The molecule has 1 heterocycles. The first kappa shape index (κ1) is 9.84. The molecule has 0 amide bonds. The summed E-state index contributed by atoms with van der Waals surface area (Å²) >= 11 is 13.0. The maximum atomic E-state index is 6.04. The summed E-state index contributed by atoms with van der Waals surface area (Å²) in [6.07, 6.45) is 2.06. The number of thioether (sulfide) groups is 1. The molecule has 0 N–H and O–H groups in total. The van der Waals surface area contributed by atoms with Gasteiger partial charge >= 0.3 is 0 Å². The van der Waals surface area contributed by atoms with Crippen molar-refractivity contribution in [2.75, 3.05) is 6.26 Å². The van der Waals surface area contributed by atoms with E-state index in [0.29, 0.717) is 0 Å². The van der Waals surface area contributed by atoms with Crippen molar-refractivity contribution in [3.05, 3.63) is 27.0 Å². The monoisotopic (exact) mass is 292 g/mol. The lowest BCUT2D eigenvalue weighted by atomic mass is 10.3. The van der Waals surface area contributed by atoms with Crippen LogP contribution < -0.4 is 0 Å². The van der Waals surface area contributed by atoms with Crippen LogP contribution in [0.15, 0.2) is 26.9 Å². The highest BCUT2D eigenvalue weighted by Crippen LogP contribution is 2.36. The summed E-state index contributed by atoms with van der Waals surface area (Å²) in [5, 5.41) is 3.98. The van der Waals surface area contributed by atoms with Gasteiger partial charge in [0.15, 0.2) is 0 Å². The van der Waals surface area contributed by atoms with Crippen LogP contribution >= 0.6 is 50.6 Å². The second-order valence-corrected chi connectivity index (χ2v) is 5.59. The number of hydrogen-bond acceptors (Lipinski definition) is 2. The number of benzene rings is 1. The Kier molecular flexibility index (Phi) is 2.88. The molecule has 0 unspecified atom stereocenters. The summed E-state index contributed by atoms with van der Waals surface area (Å²) < 4.78 is 2.38. The van der Waals surface area contributed by atoms with Crippen molar-refractivity contribution in [1.29, 1.82) is 0 Å². The molecule has 0 fully saturated rings. The van der Waals surface area contributed by atoms with Crippen molar-refractivity contribution >= 4 is 60.7 Å². The average Bonchev–Trinajstić information content (AvgIpc) is 2.46. The third-order valence-corrected chi connectivity index (χ3v) is 4.88. The molecule has 0 saturated carbocycles. The zero-order chi connectivity index (χ0) is 9.42. The highest BCUT2D eigenvalue weighted by atomic mass is 79.9. The standard InChI is InChI=1S/C9H6BrClS2/c1-12-9-2-5-7(11)4-13-8(5)3-6(9)10/h2-4H,1H3. The van der Waals surface area contributed by atoms with E-state index < -0.39 is 0 Å². The summed E-state index contributed by atoms with van der Waals surface area (Å²) in [6, 6.07) is 4.25. The van der Waals surface area contributed by atoms with Crippen LogP contribution in [0.4, 0.5) is 0 Å². The Labute approximate surface area is 98.4 Å². The predicted octanol–water partition coefficient (Wildman–Crippen LogP) is 5.04. The van der Waals surface area contributed by atoms with Crippen LogP contribution in [-0.2, 0) is 0 Å². The molecule has 0 aliphatic carbocycles. The van der Waals surface area contributed by atoms with E-state index in [4.69, 9.17) is 11.6 Å². The van der Waals surface area contributed by atoms with E-state index in [9.17, 15) is 0 Å². The molecule has 1 aromatic heterocycles. The molecule has 0 atom stereocenters. The van der Waals surface area contributed by atoms with Gasteiger partial charge < -0.3 is 0 Å². The summed E-state index contributed by atoms with van der Waals surface area (Å²) in [6.45, 7) is 0. The van der Waals surface area contributed by atoms with Crippen LogP contribution in [-0.4, -0.2) is 6.26 Å². The number of thiophene rings is 1. The third-order valence-electron chi connectivity index (χ3n) is 1.80. The lowest BCUT2D eigenvalue weighted by molar-refractivity contribution is 1.46. The molecule has 4 heteroatoms. The zero-order valence-corrected chi connectivity index (χ0v) is 10.8. The number of halogens is 2. The van der Waals surface area contributed by atoms with Crippen LogP contribution in [0.3, 0.4) is 0 Å². The predicted molar refractivity (Wildman–Crippen MR) is 66.3 cm³/mol. The van der Waals surface area contributed by atoms with Gasteiger partial charge in [-0.25, -0.2) is 0 Å². The molecular weight excluding hydrogens is 288 g/mol. The largest absolute Gasteiger partial charge is 0.142 e. The maximum absolute atomic E-state index is 6.04. The van der Waals surface area contributed by atoms with Gasteiger partial charge in [-0.05, 0) is 34.3 Å². The molecule has 2 aromatic rings. The fourth-order valence-electron chi connectivity index (χ4n) is 1.15. The smallest absolute Gasteiger partial charge is 0.0592 e. The van der Waals surface area contributed by atoms with E-state index >= 15 is 0 Å². The van der Waals surface area contributed by atoms with Gasteiger partial charge in [0.1, 0.15) is 0 Å². The van der Waals surface area contributed by atoms with Crippen LogP contribution in [0.2, 0.25) is 5.02 Å². The normalized spacial score (nSPS) is 11.0. The lowest BCUT2D eigenvalue weighted by Crippen LogP contribution is -1.73. The zero-order valence-electron chi connectivity index (χ0n) is 6.80. The van der Waals surface area contributed by atoms with Gasteiger partial charge in [-0.2, -0.15) is 0 Å². The number of fused-ring (bicyclic) bond motifs is 1. The molecule has 68 valence electrons. The van der Waals surface area contributed by atoms with E-state index in [2.05, 4.69) is 34.3 Å². The Bertz CT molecular complexity index is 450. The van der Waals surface area contributed by atoms with Gasteiger partial charge in [-0.15, -0.1) is 23.1 Å². The van der Waals surface area contributed by atoms with Gasteiger partial charge in [0.2, 0.25) is 0 Å². The fourth-order valence-corrected chi connectivity index (χ4v) is 3.81. The van der Waals surface area contributed by atoms with Crippen LogP contribution in [0.5, 0.6) is 0 Å². The number of hydrogen-bond donors (Lipinski definition) is 0. The molecule has 0 radical (unpaired) electrons. The summed E-state index contributed by atoms with van der Waals surface area (Å²) in [4.78, 5) is 1.23. The second-order valence-electron chi connectivity index (χ2n) is 2.57. The Hall–Kier alpha value is 0.300. The van der Waals surface area contributed by atoms with Crippen LogP contribution in [0, 0.1) is 0 Å². The molecule has 13 heavy (non-hydrogen) atoms. The van der Waals surface area contributed by atoms with E-state index in [0.717, 1.165) is 14.9 Å². The summed E-state index contributed by atoms with van der Waals surface area (Å²) in [7, 11) is 0.